The van der Waals surface area contributed by atoms with Crippen LogP contribution in [0.2, 0.25) is 0 Å². The van der Waals surface area contributed by atoms with Crippen LogP contribution in [0.5, 0.6) is 0 Å². The molecule has 0 aromatic rings. The van der Waals surface area contributed by atoms with Crippen molar-refractivity contribution >= 4 is 5.91 Å². The van der Waals surface area contributed by atoms with Crippen LogP contribution in [0, 0.1) is 12.3 Å². The molecule has 86 valence electrons. The molecule has 0 aromatic carbocycles. The molecule has 1 amide bonds. The van der Waals surface area contributed by atoms with E-state index >= 15 is 0 Å². The van der Waals surface area contributed by atoms with Crippen molar-refractivity contribution in [3.8, 4) is 12.3 Å². The van der Waals surface area contributed by atoms with E-state index < -0.39 is 0 Å². The van der Waals surface area contributed by atoms with E-state index in [1.807, 2.05) is 0 Å². The first-order valence-corrected chi connectivity index (χ1v) is 5.68. The summed E-state index contributed by atoms with van der Waals surface area (Å²) in [5, 5.41) is 5.99. The number of carbonyl (C=O) groups excluding carboxylic acids is 1. The van der Waals surface area contributed by atoms with Crippen LogP contribution in [0.1, 0.15) is 39.5 Å². The molecule has 3 heteroatoms. The smallest absolute Gasteiger partial charge is 0.233 e. The summed E-state index contributed by atoms with van der Waals surface area (Å²) in [6.45, 7) is 5.29. The molecule has 0 radical (unpaired) electrons. The van der Waals surface area contributed by atoms with Crippen LogP contribution in [-0.2, 0) is 4.79 Å². The minimum Gasteiger partial charge on any atom is -0.355 e. The Hall–Kier alpha value is -1.01. The van der Waals surface area contributed by atoms with Crippen molar-refractivity contribution in [2.24, 2.45) is 0 Å². The molecule has 0 bridgehead atoms. The van der Waals surface area contributed by atoms with Crippen LogP contribution in [0.3, 0.4) is 0 Å². The van der Waals surface area contributed by atoms with Gasteiger partial charge in [-0.25, -0.2) is 0 Å². The molecule has 0 aromatic heterocycles. The van der Waals surface area contributed by atoms with Gasteiger partial charge in [0.1, 0.15) is 0 Å². The van der Waals surface area contributed by atoms with Gasteiger partial charge in [0.25, 0.3) is 0 Å². The summed E-state index contributed by atoms with van der Waals surface area (Å²) >= 11 is 0. The SMILES string of the molecule is C#CCC(CC)NCC(=O)NCCCC. The van der Waals surface area contributed by atoms with E-state index in [2.05, 4.69) is 30.4 Å². The zero-order chi connectivity index (χ0) is 11.5. The van der Waals surface area contributed by atoms with Crippen molar-refractivity contribution in [2.75, 3.05) is 13.1 Å². The quantitative estimate of drug-likeness (QED) is 0.468. The average molecular weight is 210 g/mol. The van der Waals surface area contributed by atoms with Gasteiger partial charge in [-0.05, 0) is 12.8 Å². The van der Waals surface area contributed by atoms with E-state index in [4.69, 9.17) is 6.42 Å². The van der Waals surface area contributed by atoms with E-state index in [0.717, 1.165) is 25.8 Å². The Morgan fingerprint density at radius 2 is 2.20 bits per heavy atom. The number of unbranched alkanes of at least 4 members (excludes halogenated alkanes) is 1. The Balaban J connectivity index is 3.55. The highest BCUT2D eigenvalue weighted by Crippen LogP contribution is 1.94. The first-order chi connectivity index (χ1) is 7.24. The van der Waals surface area contributed by atoms with Gasteiger partial charge in [0.2, 0.25) is 5.91 Å². The summed E-state index contributed by atoms with van der Waals surface area (Å²) in [5.41, 5.74) is 0. The molecule has 0 aliphatic carbocycles. The molecule has 1 atom stereocenters. The lowest BCUT2D eigenvalue weighted by Gasteiger charge is -2.13. The second kappa shape index (κ2) is 9.54. The van der Waals surface area contributed by atoms with Crippen LogP contribution in [0.4, 0.5) is 0 Å². The van der Waals surface area contributed by atoms with Gasteiger partial charge in [0, 0.05) is 19.0 Å². The first-order valence-electron chi connectivity index (χ1n) is 5.68. The molecule has 15 heavy (non-hydrogen) atoms. The highest BCUT2D eigenvalue weighted by Gasteiger charge is 2.06. The van der Waals surface area contributed by atoms with Crippen LogP contribution < -0.4 is 10.6 Å². The Kier molecular flexibility index (Phi) is 8.90. The molecule has 0 spiro atoms. The number of terminal acetylenes is 1. The monoisotopic (exact) mass is 210 g/mol. The maximum atomic E-state index is 11.3. The van der Waals surface area contributed by atoms with Gasteiger partial charge in [-0.2, -0.15) is 0 Å². The fourth-order valence-electron chi connectivity index (χ4n) is 1.21. The summed E-state index contributed by atoms with van der Waals surface area (Å²) in [5.74, 6) is 2.66. The number of carbonyl (C=O) groups is 1. The third-order valence-corrected chi connectivity index (χ3v) is 2.26. The van der Waals surface area contributed by atoms with E-state index in [1.165, 1.54) is 0 Å². The highest BCUT2D eigenvalue weighted by molar-refractivity contribution is 5.77. The zero-order valence-corrected chi connectivity index (χ0v) is 9.81. The molecule has 0 saturated carbocycles. The van der Waals surface area contributed by atoms with E-state index in [1.54, 1.807) is 0 Å². The maximum Gasteiger partial charge on any atom is 0.233 e. The predicted molar refractivity (Wildman–Crippen MR) is 63.4 cm³/mol. The Morgan fingerprint density at radius 1 is 1.47 bits per heavy atom. The van der Waals surface area contributed by atoms with Gasteiger partial charge in [-0.3, -0.25) is 4.79 Å². The highest BCUT2D eigenvalue weighted by atomic mass is 16.1. The third-order valence-electron chi connectivity index (χ3n) is 2.26. The molecule has 0 heterocycles. The second-order valence-corrected chi connectivity index (χ2v) is 3.60. The second-order valence-electron chi connectivity index (χ2n) is 3.60. The molecular weight excluding hydrogens is 188 g/mol. The summed E-state index contributed by atoms with van der Waals surface area (Å²) in [6.07, 6.45) is 8.98. The fraction of sp³-hybridized carbons (Fsp3) is 0.750. The lowest BCUT2D eigenvalue weighted by molar-refractivity contribution is -0.120. The number of hydrogen-bond donors (Lipinski definition) is 2. The van der Waals surface area contributed by atoms with Crippen molar-refractivity contribution in [1.82, 2.24) is 10.6 Å². The normalized spacial score (nSPS) is 11.8. The average Bonchev–Trinajstić information content (AvgIpc) is 2.24. The molecule has 2 N–H and O–H groups in total. The Bertz CT molecular complexity index is 208. The molecule has 0 aliphatic heterocycles. The fourth-order valence-corrected chi connectivity index (χ4v) is 1.21. The minimum absolute atomic E-state index is 0.0546. The Morgan fingerprint density at radius 3 is 2.73 bits per heavy atom. The third kappa shape index (κ3) is 8.02. The molecule has 0 rings (SSSR count). The van der Waals surface area contributed by atoms with Gasteiger partial charge in [0.15, 0.2) is 0 Å². The van der Waals surface area contributed by atoms with E-state index in [-0.39, 0.29) is 11.9 Å². The van der Waals surface area contributed by atoms with Crippen LogP contribution in [-0.4, -0.2) is 25.0 Å². The van der Waals surface area contributed by atoms with Gasteiger partial charge in [-0.15, -0.1) is 12.3 Å². The molecule has 3 nitrogen and oxygen atoms in total. The number of hydrogen-bond acceptors (Lipinski definition) is 2. The Labute approximate surface area is 93.0 Å². The molecule has 0 saturated heterocycles. The number of nitrogens with one attached hydrogen (secondary N) is 2. The predicted octanol–water partition coefficient (Wildman–Crippen LogP) is 1.29. The van der Waals surface area contributed by atoms with Gasteiger partial charge in [-0.1, -0.05) is 20.3 Å². The lowest BCUT2D eigenvalue weighted by atomic mass is 10.1. The number of amides is 1. The van der Waals surface area contributed by atoms with Crippen LogP contribution in [0.15, 0.2) is 0 Å². The van der Waals surface area contributed by atoms with Crippen molar-refractivity contribution in [1.29, 1.82) is 0 Å². The van der Waals surface area contributed by atoms with Gasteiger partial charge >= 0.3 is 0 Å². The van der Waals surface area contributed by atoms with Crippen molar-refractivity contribution in [3.63, 3.8) is 0 Å². The first kappa shape index (κ1) is 14.0. The standard InChI is InChI=1S/C12H22N2O/c1-4-7-9-13-12(15)10-14-11(6-3)8-5-2/h2,11,14H,4,6-10H2,1,3H3,(H,13,15). The molecule has 0 aliphatic rings. The van der Waals surface area contributed by atoms with Gasteiger partial charge < -0.3 is 10.6 Å². The zero-order valence-electron chi connectivity index (χ0n) is 9.81. The van der Waals surface area contributed by atoms with Crippen molar-refractivity contribution in [2.45, 2.75) is 45.6 Å². The maximum absolute atomic E-state index is 11.3. The van der Waals surface area contributed by atoms with Crippen molar-refractivity contribution in [3.05, 3.63) is 0 Å². The molecular formula is C12H22N2O. The topological polar surface area (TPSA) is 41.1 Å². The van der Waals surface area contributed by atoms with Crippen molar-refractivity contribution < 1.29 is 4.79 Å². The van der Waals surface area contributed by atoms with E-state index in [9.17, 15) is 4.79 Å². The largest absolute Gasteiger partial charge is 0.355 e. The molecule has 1 unspecified atom stereocenters. The lowest BCUT2D eigenvalue weighted by Crippen LogP contribution is -2.39. The van der Waals surface area contributed by atoms with E-state index in [0.29, 0.717) is 13.0 Å². The molecule has 0 fully saturated rings. The van der Waals surface area contributed by atoms with Crippen LogP contribution >= 0.6 is 0 Å². The number of rotatable bonds is 8. The summed E-state index contributed by atoms with van der Waals surface area (Å²) in [4.78, 5) is 11.3. The minimum atomic E-state index is 0.0546. The summed E-state index contributed by atoms with van der Waals surface area (Å²) in [6, 6.07) is 0.256. The summed E-state index contributed by atoms with van der Waals surface area (Å²) < 4.78 is 0. The summed E-state index contributed by atoms with van der Waals surface area (Å²) in [7, 11) is 0. The van der Waals surface area contributed by atoms with Crippen LogP contribution in [0.25, 0.3) is 0 Å². The van der Waals surface area contributed by atoms with Gasteiger partial charge in [0.05, 0.1) is 6.54 Å².